The molecule has 2 rings (SSSR count). The molecule has 90 valence electrons. The summed E-state index contributed by atoms with van der Waals surface area (Å²) in [4.78, 5) is 14.0. The third-order valence-electron chi connectivity index (χ3n) is 2.91. The first kappa shape index (κ1) is 13.5. The topological polar surface area (TPSA) is 46.3 Å². The Morgan fingerprint density at radius 1 is 1.44 bits per heavy atom. The van der Waals surface area contributed by atoms with Gasteiger partial charge in [-0.25, -0.2) is 0 Å². The van der Waals surface area contributed by atoms with Crippen LogP contribution in [0, 0.1) is 6.92 Å². The largest absolute Gasteiger partial charge is 0.338 e. The number of nitrogens with two attached hydrogens (primary N) is 1. The predicted molar refractivity (Wildman–Crippen MR) is 69.4 cm³/mol. The molecular weight excluding hydrogens is 244 g/mol. The van der Waals surface area contributed by atoms with Crippen LogP contribution in [0.25, 0.3) is 0 Å². The van der Waals surface area contributed by atoms with E-state index in [1.54, 1.807) is 11.3 Å². The van der Waals surface area contributed by atoms with Crippen molar-refractivity contribution in [1.29, 1.82) is 0 Å². The Morgan fingerprint density at radius 2 is 2.06 bits per heavy atom. The summed E-state index contributed by atoms with van der Waals surface area (Å²) in [5, 5.41) is 3.95. The lowest BCUT2D eigenvalue weighted by Gasteiger charge is -2.30. The van der Waals surface area contributed by atoms with E-state index in [-0.39, 0.29) is 24.4 Å². The highest BCUT2D eigenvalue weighted by atomic mass is 35.5. The third kappa shape index (κ3) is 2.75. The van der Waals surface area contributed by atoms with Crippen molar-refractivity contribution < 1.29 is 4.79 Å². The SMILES string of the molecule is Cc1cscc1C(=O)N1CCC(N)CC1.Cl. The minimum Gasteiger partial charge on any atom is -0.338 e. The number of piperidine rings is 1. The summed E-state index contributed by atoms with van der Waals surface area (Å²) in [6.45, 7) is 3.59. The maximum absolute atomic E-state index is 12.1. The molecule has 5 heteroatoms. The van der Waals surface area contributed by atoms with Crippen molar-refractivity contribution in [3.8, 4) is 0 Å². The summed E-state index contributed by atoms with van der Waals surface area (Å²) in [5.41, 5.74) is 7.75. The van der Waals surface area contributed by atoms with Crippen LogP contribution in [0.15, 0.2) is 10.8 Å². The lowest BCUT2D eigenvalue weighted by atomic mass is 10.0. The van der Waals surface area contributed by atoms with Gasteiger partial charge in [0.2, 0.25) is 0 Å². The van der Waals surface area contributed by atoms with Gasteiger partial charge in [0.05, 0.1) is 5.56 Å². The number of amides is 1. The van der Waals surface area contributed by atoms with Crippen LogP contribution >= 0.6 is 23.7 Å². The van der Waals surface area contributed by atoms with Crippen molar-refractivity contribution in [2.45, 2.75) is 25.8 Å². The molecule has 0 saturated carbocycles. The summed E-state index contributed by atoms with van der Waals surface area (Å²) in [6, 6.07) is 0.276. The monoisotopic (exact) mass is 260 g/mol. The maximum Gasteiger partial charge on any atom is 0.254 e. The second kappa shape index (κ2) is 5.66. The van der Waals surface area contributed by atoms with E-state index in [4.69, 9.17) is 5.73 Å². The maximum atomic E-state index is 12.1. The highest BCUT2D eigenvalue weighted by molar-refractivity contribution is 7.08. The lowest BCUT2D eigenvalue weighted by molar-refractivity contribution is 0.0714. The molecule has 0 atom stereocenters. The molecule has 0 aliphatic carbocycles. The van der Waals surface area contributed by atoms with Gasteiger partial charge in [-0.2, -0.15) is 11.3 Å². The highest BCUT2D eigenvalue weighted by Crippen LogP contribution is 2.18. The normalized spacial score (nSPS) is 17.0. The van der Waals surface area contributed by atoms with Crippen LogP contribution in [-0.4, -0.2) is 29.9 Å². The predicted octanol–water partition coefficient (Wildman–Crippen LogP) is 2.04. The number of halogens is 1. The summed E-state index contributed by atoms with van der Waals surface area (Å²) >= 11 is 1.59. The zero-order valence-electron chi connectivity index (χ0n) is 9.31. The van der Waals surface area contributed by atoms with Crippen molar-refractivity contribution >= 4 is 29.7 Å². The number of carbonyl (C=O) groups is 1. The Bertz CT molecular complexity index is 359. The molecule has 1 saturated heterocycles. The van der Waals surface area contributed by atoms with Gasteiger partial charge in [0, 0.05) is 24.5 Å². The number of nitrogens with zero attached hydrogens (tertiary/aromatic N) is 1. The van der Waals surface area contributed by atoms with Crippen LogP contribution in [0.4, 0.5) is 0 Å². The summed E-state index contributed by atoms with van der Waals surface area (Å²) in [7, 11) is 0. The quantitative estimate of drug-likeness (QED) is 0.840. The first-order valence-electron chi connectivity index (χ1n) is 5.26. The molecule has 0 unspecified atom stereocenters. The van der Waals surface area contributed by atoms with Crippen molar-refractivity contribution in [3.63, 3.8) is 0 Å². The van der Waals surface area contributed by atoms with E-state index in [0.29, 0.717) is 0 Å². The number of carbonyl (C=O) groups excluding carboxylic acids is 1. The molecule has 3 nitrogen and oxygen atoms in total. The van der Waals surface area contributed by atoms with Crippen LogP contribution < -0.4 is 5.73 Å². The molecule has 0 radical (unpaired) electrons. The Balaban J connectivity index is 0.00000128. The van der Waals surface area contributed by atoms with E-state index < -0.39 is 0 Å². The minimum atomic E-state index is 0. The van der Waals surface area contributed by atoms with Gasteiger partial charge in [-0.05, 0) is 30.7 Å². The molecular formula is C11H17ClN2OS. The standard InChI is InChI=1S/C11H16N2OS.ClH/c1-8-6-15-7-10(8)11(14)13-4-2-9(12)3-5-13;/h6-7,9H,2-5,12H2,1H3;1H. The number of likely N-dealkylation sites (tertiary alicyclic amines) is 1. The number of hydrogen-bond acceptors (Lipinski definition) is 3. The van der Waals surface area contributed by atoms with E-state index in [1.165, 1.54) is 0 Å². The van der Waals surface area contributed by atoms with E-state index in [2.05, 4.69) is 0 Å². The zero-order valence-corrected chi connectivity index (χ0v) is 10.9. The average molecular weight is 261 g/mol. The number of hydrogen-bond donors (Lipinski definition) is 1. The van der Waals surface area contributed by atoms with E-state index >= 15 is 0 Å². The second-order valence-electron chi connectivity index (χ2n) is 4.10. The van der Waals surface area contributed by atoms with Crippen molar-refractivity contribution in [2.75, 3.05) is 13.1 Å². The number of thiophene rings is 1. The molecule has 16 heavy (non-hydrogen) atoms. The Morgan fingerprint density at radius 3 is 2.56 bits per heavy atom. The molecule has 1 fully saturated rings. The van der Waals surface area contributed by atoms with Gasteiger partial charge in [0.1, 0.15) is 0 Å². The summed E-state index contributed by atoms with van der Waals surface area (Å²) in [6.07, 6.45) is 1.85. The summed E-state index contributed by atoms with van der Waals surface area (Å²) in [5.74, 6) is 0.167. The van der Waals surface area contributed by atoms with Gasteiger partial charge < -0.3 is 10.6 Å². The molecule has 1 aliphatic heterocycles. The Hall–Kier alpha value is -0.580. The van der Waals surface area contributed by atoms with E-state index in [9.17, 15) is 4.79 Å². The van der Waals surface area contributed by atoms with Crippen LogP contribution in [0.1, 0.15) is 28.8 Å². The number of aryl methyl sites for hydroxylation is 1. The van der Waals surface area contributed by atoms with Gasteiger partial charge in [0.25, 0.3) is 5.91 Å². The van der Waals surface area contributed by atoms with Crippen LogP contribution in [-0.2, 0) is 0 Å². The molecule has 2 N–H and O–H groups in total. The van der Waals surface area contributed by atoms with Crippen LogP contribution in [0.3, 0.4) is 0 Å². The van der Waals surface area contributed by atoms with Gasteiger partial charge in [-0.3, -0.25) is 4.79 Å². The molecule has 0 bridgehead atoms. The third-order valence-corrected chi connectivity index (χ3v) is 3.77. The van der Waals surface area contributed by atoms with Gasteiger partial charge in [0.15, 0.2) is 0 Å². The zero-order chi connectivity index (χ0) is 10.8. The molecule has 1 amide bonds. The van der Waals surface area contributed by atoms with Crippen LogP contribution in [0.2, 0.25) is 0 Å². The fourth-order valence-electron chi connectivity index (χ4n) is 1.85. The second-order valence-corrected chi connectivity index (χ2v) is 4.84. The molecule has 1 aromatic heterocycles. The smallest absolute Gasteiger partial charge is 0.254 e. The molecule has 2 heterocycles. The first-order chi connectivity index (χ1) is 7.18. The average Bonchev–Trinajstić information content (AvgIpc) is 2.65. The number of rotatable bonds is 1. The van der Waals surface area contributed by atoms with Gasteiger partial charge >= 0.3 is 0 Å². The lowest BCUT2D eigenvalue weighted by Crippen LogP contribution is -2.42. The van der Waals surface area contributed by atoms with E-state index in [0.717, 1.165) is 37.1 Å². The Labute approximate surface area is 106 Å². The molecule has 1 aromatic rings. The van der Waals surface area contributed by atoms with E-state index in [1.807, 2.05) is 22.6 Å². The fourth-order valence-corrected chi connectivity index (χ4v) is 2.67. The minimum absolute atomic E-state index is 0. The van der Waals surface area contributed by atoms with Crippen molar-refractivity contribution in [1.82, 2.24) is 4.90 Å². The molecule has 0 spiro atoms. The fraction of sp³-hybridized carbons (Fsp3) is 0.545. The Kier molecular flexibility index (Phi) is 4.77. The van der Waals surface area contributed by atoms with Crippen LogP contribution in [0.5, 0.6) is 0 Å². The first-order valence-corrected chi connectivity index (χ1v) is 6.20. The molecule has 0 aromatic carbocycles. The van der Waals surface area contributed by atoms with Gasteiger partial charge in [-0.15, -0.1) is 12.4 Å². The highest BCUT2D eigenvalue weighted by Gasteiger charge is 2.22. The molecule has 1 aliphatic rings. The van der Waals surface area contributed by atoms with Gasteiger partial charge in [-0.1, -0.05) is 0 Å². The van der Waals surface area contributed by atoms with Crippen molar-refractivity contribution in [2.24, 2.45) is 5.73 Å². The summed E-state index contributed by atoms with van der Waals surface area (Å²) < 4.78 is 0. The van der Waals surface area contributed by atoms with Crippen molar-refractivity contribution in [3.05, 3.63) is 21.9 Å².